The van der Waals surface area contributed by atoms with Gasteiger partial charge >= 0.3 is 0 Å². The number of hydrogen-bond donors (Lipinski definition) is 1. The zero-order valence-electron chi connectivity index (χ0n) is 14.4. The van der Waals surface area contributed by atoms with Crippen LogP contribution in [-0.2, 0) is 6.54 Å². The second-order valence-electron chi connectivity index (χ2n) is 6.85. The summed E-state index contributed by atoms with van der Waals surface area (Å²) in [6.07, 6.45) is 1.22. The Labute approximate surface area is 125 Å². The lowest BCUT2D eigenvalue weighted by molar-refractivity contribution is 0.305. The van der Waals surface area contributed by atoms with Crippen LogP contribution in [0.3, 0.4) is 0 Å². The largest absolute Gasteiger partial charge is 0.309 e. The number of rotatable bonds is 7. The predicted octanol–water partition coefficient (Wildman–Crippen LogP) is 3.68. The average Bonchev–Trinajstić information content (AvgIpc) is 2.25. The minimum absolute atomic E-state index is 0.560. The van der Waals surface area contributed by atoms with Crippen molar-refractivity contribution in [3.63, 3.8) is 0 Å². The van der Waals surface area contributed by atoms with Crippen molar-refractivity contribution in [1.82, 2.24) is 10.2 Å². The number of likely N-dealkylation sites (N-methyl/N-ethyl adjacent to an activating group) is 1. The number of nitrogens with zero attached hydrogens (tertiary/aromatic N) is 1. The third-order valence-electron chi connectivity index (χ3n) is 3.75. The molecule has 1 unspecified atom stereocenters. The molecule has 1 atom stereocenters. The van der Waals surface area contributed by atoms with Crippen LogP contribution in [0.25, 0.3) is 0 Å². The molecule has 114 valence electrons. The minimum Gasteiger partial charge on any atom is -0.309 e. The molecule has 2 nitrogen and oxygen atoms in total. The van der Waals surface area contributed by atoms with E-state index >= 15 is 0 Å². The third-order valence-corrected chi connectivity index (χ3v) is 3.75. The zero-order valence-corrected chi connectivity index (χ0v) is 14.4. The lowest BCUT2D eigenvalue weighted by Gasteiger charge is -2.25. The average molecular weight is 276 g/mol. The Hall–Kier alpha value is -0.860. The first kappa shape index (κ1) is 17.2. The van der Waals surface area contributed by atoms with Crippen molar-refractivity contribution in [2.75, 3.05) is 20.6 Å². The van der Waals surface area contributed by atoms with Gasteiger partial charge in [-0.15, -0.1) is 0 Å². The van der Waals surface area contributed by atoms with Gasteiger partial charge in [-0.3, -0.25) is 0 Å². The summed E-state index contributed by atoms with van der Waals surface area (Å²) in [5.74, 6) is 0.729. The van der Waals surface area contributed by atoms with E-state index in [1.54, 1.807) is 0 Å². The quantitative estimate of drug-likeness (QED) is 0.817. The van der Waals surface area contributed by atoms with Gasteiger partial charge in [0.15, 0.2) is 0 Å². The molecular weight excluding hydrogens is 244 g/mol. The SMILES string of the molecule is Cc1cc(C)c(CNC(CC(C)C)CN(C)C)c(C)c1. The van der Waals surface area contributed by atoms with Gasteiger partial charge in [-0.05, 0) is 63.9 Å². The summed E-state index contributed by atoms with van der Waals surface area (Å²) in [6, 6.07) is 5.13. The van der Waals surface area contributed by atoms with Crippen LogP contribution in [0.4, 0.5) is 0 Å². The van der Waals surface area contributed by atoms with E-state index in [0.717, 1.165) is 19.0 Å². The van der Waals surface area contributed by atoms with E-state index in [1.807, 2.05) is 0 Å². The van der Waals surface area contributed by atoms with Gasteiger partial charge in [0.05, 0.1) is 0 Å². The fourth-order valence-corrected chi connectivity index (χ4v) is 2.97. The minimum atomic E-state index is 0.560. The first-order valence-corrected chi connectivity index (χ1v) is 7.74. The summed E-state index contributed by atoms with van der Waals surface area (Å²) in [5, 5.41) is 3.76. The molecule has 0 saturated heterocycles. The van der Waals surface area contributed by atoms with Crippen molar-refractivity contribution in [3.8, 4) is 0 Å². The lowest BCUT2D eigenvalue weighted by Crippen LogP contribution is -2.39. The van der Waals surface area contributed by atoms with E-state index in [4.69, 9.17) is 0 Å². The summed E-state index contributed by atoms with van der Waals surface area (Å²) >= 11 is 0. The van der Waals surface area contributed by atoms with Crippen LogP contribution in [0.5, 0.6) is 0 Å². The molecule has 0 saturated carbocycles. The van der Waals surface area contributed by atoms with Crippen LogP contribution in [0.1, 0.15) is 42.5 Å². The fourth-order valence-electron chi connectivity index (χ4n) is 2.97. The molecule has 0 heterocycles. The molecule has 1 N–H and O–H groups in total. The van der Waals surface area contributed by atoms with Crippen molar-refractivity contribution in [2.24, 2.45) is 5.92 Å². The first-order valence-electron chi connectivity index (χ1n) is 7.74. The molecule has 2 heteroatoms. The molecule has 0 radical (unpaired) electrons. The maximum absolute atomic E-state index is 3.76. The molecule has 0 aliphatic rings. The maximum Gasteiger partial charge on any atom is 0.0213 e. The lowest BCUT2D eigenvalue weighted by atomic mass is 9.98. The van der Waals surface area contributed by atoms with Gasteiger partial charge in [-0.25, -0.2) is 0 Å². The van der Waals surface area contributed by atoms with Gasteiger partial charge in [0.2, 0.25) is 0 Å². The van der Waals surface area contributed by atoms with E-state index in [0.29, 0.717) is 6.04 Å². The van der Waals surface area contributed by atoms with Crippen molar-refractivity contribution >= 4 is 0 Å². The number of hydrogen-bond acceptors (Lipinski definition) is 2. The molecule has 0 aromatic heterocycles. The highest BCUT2D eigenvalue weighted by molar-refractivity contribution is 5.37. The number of nitrogens with one attached hydrogen (secondary N) is 1. The fraction of sp³-hybridized carbons (Fsp3) is 0.667. The van der Waals surface area contributed by atoms with E-state index in [9.17, 15) is 0 Å². The van der Waals surface area contributed by atoms with E-state index in [-0.39, 0.29) is 0 Å². The van der Waals surface area contributed by atoms with Crippen LogP contribution >= 0.6 is 0 Å². The highest BCUT2D eigenvalue weighted by atomic mass is 15.1. The topological polar surface area (TPSA) is 15.3 Å². The smallest absolute Gasteiger partial charge is 0.0213 e. The van der Waals surface area contributed by atoms with Crippen molar-refractivity contribution in [2.45, 2.75) is 53.6 Å². The van der Waals surface area contributed by atoms with Gasteiger partial charge in [-0.1, -0.05) is 31.5 Å². The van der Waals surface area contributed by atoms with Crippen LogP contribution < -0.4 is 5.32 Å². The molecule has 1 rings (SSSR count). The summed E-state index contributed by atoms with van der Waals surface area (Å²) in [6.45, 7) is 13.3. The second kappa shape index (κ2) is 7.80. The van der Waals surface area contributed by atoms with Crippen molar-refractivity contribution in [3.05, 3.63) is 34.4 Å². The highest BCUT2D eigenvalue weighted by Crippen LogP contribution is 2.17. The van der Waals surface area contributed by atoms with Crippen molar-refractivity contribution < 1.29 is 0 Å². The predicted molar refractivity (Wildman–Crippen MR) is 89.3 cm³/mol. The van der Waals surface area contributed by atoms with E-state index in [2.05, 4.69) is 71.1 Å². The summed E-state index contributed by atoms with van der Waals surface area (Å²) in [5.41, 5.74) is 5.63. The zero-order chi connectivity index (χ0) is 15.3. The normalized spacial score (nSPS) is 13.2. The molecular formula is C18H32N2. The second-order valence-corrected chi connectivity index (χ2v) is 6.85. The molecule has 0 aliphatic carbocycles. The standard InChI is InChI=1S/C18H32N2/c1-13(2)8-17(12-20(6)7)19-11-18-15(4)9-14(3)10-16(18)5/h9-10,13,17,19H,8,11-12H2,1-7H3. The summed E-state index contributed by atoms with van der Waals surface area (Å²) in [4.78, 5) is 2.27. The van der Waals surface area contributed by atoms with Gasteiger partial charge in [0.25, 0.3) is 0 Å². The molecule has 0 bridgehead atoms. The Morgan fingerprint density at radius 1 is 1.05 bits per heavy atom. The first-order chi connectivity index (χ1) is 9.29. The molecule has 1 aromatic rings. The molecule has 1 aromatic carbocycles. The van der Waals surface area contributed by atoms with Gasteiger partial charge in [0.1, 0.15) is 0 Å². The molecule has 20 heavy (non-hydrogen) atoms. The number of benzene rings is 1. The molecule has 0 spiro atoms. The summed E-state index contributed by atoms with van der Waals surface area (Å²) < 4.78 is 0. The van der Waals surface area contributed by atoms with Crippen molar-refractivity contribution in [1.29, 1.82) is 0 Å². The van der Waals surface area contributed by atoms with Gasteiger partial charge < -0.3 is 10.2 Å². The monoisotopic (exact) mass is 276 g/mol. The Morgan fingerprint density at radius 3 is 2.05 bits per heavy atom. The summed E-state index contributed by atoms with van der Waals surface area (Å²) in [7, 11) is 4.30. The van der Waals surface area contributed by atoms with Crippen LogP contribution in [0.2, 0.25) is 0 Å². The molecule has 0 fully saturated rings. The Balaban J connectivity index is 2.71. The molecule has 0 aliphatic heterocycles. The van der Waals surface area contributed by atoms with E-state index in [1.165, 1.54) is 28.7 Å². The Kier molecular flexibility index (Phi) is 6.70. The van der Waals surface area contributed by atoms with E-state index < -0.39 is 0 Å². The number of aryl methyl sites for hydroxylation is 3. The highest BCUT2D eigenvalue weighted by Gasteiger charge is 2.13. The van der Waals surface area contributed by atoms with Gasteiger partial charge in [-0.2, -0.15) is 0 Å². The maximum atomic E-state index is 3.76. The van der Waals surface area contributed by atoms with Crippen LogP contribution in [-0.4, -0.2) is 31.6 Å². The van der Waals surface area contributed by atoms with Gasteiger partial charge in [0, 0.05) is 19.1 Å². The Bertz CT molecular complexity index is 388. The Morgan fingerprint density at radius 2 is 1.60 bits per heavy atom. The van der Waals surface area contributed by atoms with Crippen LogP contribution in [0.15, 0.2) is 12.1 Å². The van der Waals surface area contributed by atoms with Crippen LogP contribution in [0, 0.1) is 26.7 Å². The molecule has 0 amide bonds. The third kappa shape index (κ3) is 5.64.